The Kier molecular flexibility index (Phi) is 5.70. The van der Waals surface area contributed by atoms with Crippen molar-refractivity contribution in [2.75, 3.05) is 14.2 Å². The van der Waals surface area contributed by atoms with E-state index in [-0.39, 0.29) is 28.2 Å². The number of carbonyl (C=O) groups excluding carboxylic acids is 1. The van der Waals surface area contributed by atoms with Gasteiger partial charge in [-0.05, 0) is 18.2 Å². The van der Waals surface area contributed by atoms with Gasteiger partial charge >= 0.3 is 5.97 Å². The molecule has 0 saturated carbocycles. The standard InChI is InChI=1S/C17H13FN2O6/c1-24-15-6-12(14(20(22)23)7-16(15)25-2)17(21)26-9-11-5-10(8-19)3-4-13(11)18/h3-7H,9H2,1-2H3. The molecule has 2 aromatic carbocycles. The van der Waals surface area contributed by atoms with E-state index in [4.69, 9.17) is 19.5 Å². The van der Waals surface area contributed by atoms with Gasteiger partial charge in [-0.2, -0.15) is 5.26 Å². The zero-order chi connectivity index (χ0) is 19.3. The van der Waals surface area contributed by atoms with Crippen LogP contribution in [0, 0.1) is 27.3 Å². The second kappa shape index (κ2) is 7.94. The van der Waals surface area contributed by atoms with Gasteiger partial charge in [0, 0.05) is 11.6 Å². The summed E-state index contributed by atoms with van der Waals surface area (Å²) in [5.41, 5.74) is -0.751. The summed E-state index contributed by atoms with van der Waals surface area (Å²) in [5, 5.41) is 20.0. The number of nitrogens with zero attached hydrogens (tertiary/aromatic N) is 2. The number of nitro groups is 1. The van der Waals surface area contributed by atoms with Gasteiger partial charge < -0.3 is 14.2 Å². The minimum atomic E-state index is -1.04. The first kappa shape index (κ1) is 18.7. The third-order valence-corrected chi connectivity index (χ3v) is 3.45. The zero-order valence-electron chi connectivity index (χ0n) is 13.8. The van der Waals surface area contributed by atoms with Crippen LogP contribution in [-0.4, -0.2) is 25.1 Å². The van der Waals surface area contributed by atoms with Crippen molar-refractivity contribution in [3.05, 3.63) is 63.0 Å². The highest BCUT2D eigenvalue weighted by Crippen LogP contribution is 2.35. The Morgan fingerprint density at radius 2 is 1.88 bits per heavy atom. The topological polar surface area (TPSA) is 112 Å². The molecule has 2 aromatic rings. The average Bonchev–Trinajstić information content (AvgIpc) is 2.65. The monoisotopic (exact) mass is 360 g/mol. The van der Waals surface area contributed by atoms with E-state index in [1.165, 1.54) is 26.4 Å². The van der Waals surface area contributed by atoms with Crippen molar-refractivity contribution in [2.24, 2.45) is 0 Å². The molecule has 26 heavy (non-hydrogen) atoms. The summed E-state index contributed by atoms with van der Waals surface area (Å²) in [6, 6.07) is 7.56. The van der Waals surface area contributed by atoms with Crippen molar-refractivity contribution < 1.29 is 28.3 Å². The second-order valence-corrected chi connectivity index (χ2v) is 4.98. The summed E-state index contributed by atoms with van der Waals surface area (Å²) >= 11 is 0. The molecule has 0 radical (unpaired) electrons. The minimum Gasteiger partial charge on any atom is -0.493 e. The number of ether oxygens (including phenoxy) is 3. The van der Waals surface area contributed by atoms with Gasteiger partial charge in [0.15, 0.2) is 11.5 Å². The number of carbonyl (C=O) groups is 1. The van der Waals surface area contributed by atoms with Gasteiger partial charge in [-0.15, -0.1) is 0 Å². The molecule has 0 spiro atoms. The number of benzene rings is 2. The molecule has 8 nitrogen and oxygen atoms in total. The van der Waals surface area contributed by atoms with Crippen molar-refractivity contribution in [1.29, 1.82) is 5.26 Å². The molecule has 0 atom stereocenters. The fourth-order valence-corrected chi connectivity index (χ4v) is 2.16. The number of nitro benzene ring substituents is 1. The van der Waals surface area contributed by atoms with Gasteiger partial charge in [0.2, 0.25) is 0 Å². The van der Waals surface area contributed by atoms with E-state index in [2.05, 4.69) is 0 Å². The van der Waals surface area contributed by atoms with Crippen molar-refractivity contribution in [2.45, 2.75) is 6.61 Å². The lowest BCUT2D eigenvalue weighted by Gasteiger charge is -2.11. The summed E-state index contributed by atoms with van der Waals surface area (Å²) < 4.78 is 28.7. The number of hydrogen-bond acceptors (Lipinski definition) is 7. The van der Waals surface area contributed by atoms with Crippen LogP contribution in [0.25, 0.3) is 0 Å². The van der Waals surface area contributed by atoms with Crippen LogP contribution in [0.3, 0.4) is 0 Å². The molecule has 0 unspecified atom stereocenters. The van der Waals surface area contributed by atoms with Gasteiger partial charge in [-0.1, -0.05) is 0 Å². The smallest absolute Gasteiger partial charge is 0.345 e. The maximum Gasteiger partial charge on any atom is 0.345 e. The van der Waals surface area contributed by atoms with Crippen molar-refractivity contribution >= 4 is 11.7 Å². The van der Waals surface area contributed by atoms with Crippen molar-refractivity contribution in [3.8, 4) is 17.6 Å². The molecule has 2 rings (SSSR count). The lowest BCUT2D eigenvalue weighted by molar-refractivity contribution is -0.385. The first-order valence-electron chi connectivity index (χ1n) is 7.17. The lowest BCUT2D eigenvalue weighted by Crippen LogP contribution is -2.10. The molecular weight excluding hydrogens is 347 g/mol. The molecule has 0 aliphatic heterocycles. The Balaban J connectivity index is 2.32. The van der Waals surface area contributed by atoms with Crippen LogP contribution >= 0.6 is 0 Å². The quantitative estimate of drug-likeness (QED) is 0.442. The molecule has 0 saturated heterocycles. The van der Waals surface area contributed by atoms with E-state index >= 15 is 0 Å². The van der Waals surface area contributed by atoms with E-state index in [9.17, 15) is 19.3 Å². The Morgan fingerprint density at radius 3 is 2.46 bits per heavy atom. The lowest BCUT2D eigenvalue weighted by atomic mass is 10.1. The number of esters is 1. The molecule has 0 fully saturated rings. The Morgan fingerprint density at radius 1 is 1.23 bits per heavy atom. The van der Waals surface area contributed by atoms with E-state index in [0.717, 1.165) is 18.2 Å². The predicted octanol–water partition coefficient (Wildman–Crippen LogP) is 2.98. The molecular formula is C17H13FN2O6. The highest BCUT2D eigenvalue weighted by atomic mass is 19.1. The third-order valence-electron chi connectivity index (χ3n) is 3.45. The maximum atomic E-state index is 13.7. The Hall–Kier alpha value is -3.67. The molecule has 0 N–H and O–H groups in total. The summed E-state index contributed by atoms with van der Waals surface area (Å²) in [4.78, 5) is 22.7. The maximum absolute atomic E-state index is 13.7. The fourth-order valence-electron chi connectivity index (χ4n) is 2.16. The predicted molar refractivity (Wildman–Crippen MR) is 86.4 cm³/mol. The number of methoxy groups -OCH3 is 2. The second-order valence-electron chi connectivity index (χ2n) is 4.98. The van der Waals surface area contributed by atoms with Crippen LogP contribution in [-0.2, 0) is 11.3 Å². The molecule has 0 bridgehead atoms. The van der Waals surface area contributed by atoms with Gasteiger partial charge in [0.1, 0.15) is 18.0 Å². The fraction of sp³-hybridized carbons (Fsp3) is 0.176. The van der Waals surface area contributed by atoms with E-state index < -0.39 is 29.0 Å². The highest BCUT2D eigenvalue weighted by Gasteiger charge is 2.26. The van der Waals surface area contributed by atoms with Crippen LogP contribution in [0.1, 0.15) is 21.5 Å². The summed E-state index contributed by atoms with van der Waals surface area (Å²) in [6.07, 6.45) is 0. The van der Waals surface area contributed by atoms with Crippen LogP contribution in [0.15, 0.2) is 30.3 Å². The first-order chi connectivity index (χ1) is 12.4. The van der Waals surface area contributed by atoms with Gasteiger partial charge in [0.25, 0.3) is 5.69 Å². The Labute approximate surface area is 147 Å². The zero-order valence-corrected chi connectivity index (χ0v) is 13.8. The molecule has 0 aliphatic carbocycles. The minimum absolute atomic E-state index is 0.0273. The molecule has 134 valence electrons. The van der Waals surface area contributed by atoms with Crippen LogP contribution in [0.2, 0.25) is 0 Å². The van der Waals surface area contributed by atoms with E-state index in [1.54, 1.807) is 0 Å². The number of rotatable bonds is 6. The third kappa shape index (κ3) is 3.87. The highest BCUT2D eigenvalue weighted by molar-refractivity contribution is 5.95. The molecule has 9 heteroatoms. The average molecular weight is 360 g/mol. The van der Waals surface area contributed by atoms with Crippen molar-refractivity contribution in [1.82, 2.24) is 0 Å². The van der Waals surface area contributed by atoms with Gasteiger partial charge in [-0.3, -0.25) is 10.1 Å². The van der Waals surface area contributed by atoms with Gasteiger partial charge in [0.05, 0.1) is 36.8 Å². The molecule has 0 amide bonds. The largest absolute Gasteiger partial charge is 0.493 e. The summed E-state index contributed by atoms with van der Waals surface area (Å²) in [5.74, 6) is -1.54. The van der Waals surface area contributed by atoms with E-state index in [0.29, 0.717) is 0 Å². The van der Waals surface area contributed by atoms with Crippen LogP contribution in [0.5, 0.6) is 11.5 Å². The summed E-state index contributed by atoms with van der Waals surface area (Å²) in [6.45, 7) is -0.494. The number of hydrogen-bond donors (Lipinski definition) is 0. The SMILES string of the molecule is COc1cc(C(=O)OCc2cc(C#N)ccc2F)c([N+](=O)[O-])cc1OC. The Bertz CT molecular complexity index is 907. The molecule has 0 aromatic heterocycles. The van der Waals surface area contributed by atoms with Gasteiger partial charge in [-0.25, -0.2) is 9.18 Å². The number of halogens is 1. The number of nitriles is 1. The normalized spacial score (nSPS) is 9.92. The molecule has 0 heterocycles. The van der Waals surface area contributed by atoms with Crippen LogP contribution in [0.4, 0.5) is 10.1 Å². The van der Waals surface area contributed by atoms with Crippen LogP contribution < -0.4 is 9.47 Å². The van der Waals surface area contributed by atoms with Crippen molar-refractivity contribution in [3.63, 3.8) is 0 Å². The first-order valence-corrected chi connectivity index (χ1v) is 7.17. The summed E-state index contributed by atoms with van der Waals surface area (Å²) in [7, 11) is 2.60. The van der Waals surface area contributed by atoms with E-state index in [1.807, 2.05) is 6.07 Å². The molecule has 0 aliphatic rings.